The topological polar surface area (TPSA) is 12.0 Å². The van der Waals surface area contributed by atoms with Crippen LogP contribution in [0.4, 0.5) is 0 Å². The van der Waals surface area contributed by atoms with Crippen LogP contribution >= 0.6 is 11.8 Å². The molecule has 1 atom stereocenters. The second-order valence-electron chi connectivity index (χ2n) is 3.67. The molecule has 0 radical (unpaired) electrons. The standard InChI is InChI=1S/C9H17NS/c1-3-8(4-1)10-7-9-5-2-6-11-9/h8-10H,1-7H2. The van der Waals surface area contributed by atoms with E-state index in [0.717, 1.165) is 11.3 Å². The van der Waals surface area contributed by atoms with Crippen LogP contribution in [0.15, 0.2) is 0 Å². The van der Waals surface area contributed by atoms with Gasteiger partial charge in [-0.3, -0.25) is 0 Å². The fraction of sp³-hybridized carbons (Fsp3) is 1.00. The predicted octanol–water partition coefficient (Wildman–Crippen LogP) is 2.02. The van der Waals surface area contributed by atoms with E-state index in [4.69, 9.17) is 0 Å². The fourth-order valence-corrected chi connectivity index (χ4v) is 2.93. The van der Waals surface area contributed by atoms with Crippen LogP contribution < -0.4 is 5.32 Å². The maximum atomic E-state index is 3.64. The molecule has 1 aliphatic heterocycles. The number of hydrogen-bond acceptors (Lipinski definition) is 2. The SMILES string of the molecule is C1CC(NCC2CCCS2)C1. The minimum atomic E-state index is 0.885. The zero-order valence-electron chi connectivity index (χ0n) is 7.01. The lowest BCUT2D eigenvalue weighted by Gasteiger charge is -2.27. The second-order valence-corrected chi connectivity index (χ2v) is 5.08. The Balaban J connectivity index is 1.57. The summed E-state index contributed by atoms with van der Waals surface area (Å²) < 4.78 is 0. The van der Waals surface area contributed by atoms with Crippen molar-refractivity contribution in [1.29, 1.82) is 0 Å². The van der Waals surface area contributed by atoms with E-state index in [0.29, 0.717) is 0 Å². The molecular weight excluding hydrogens is 154 g/mol. The van der Waals surface area contributed by atoms with Crippen LogP contribution in [0.1, 0.15) is 32.1 Å². The van der Waals surface area contributed by atoms with Crippen molar-refractivity contribution in [3.63, 3.8) is 0 Å². The molecule has 0 bridgehead atoms. The van der Waals surface area contributed by atoms with Gasteiger partial charge >= 0.3 is 0 Å². The number of hydrogen-bond donors (Lipinski definition) is 1. The average Bonchev–Trinajstić information content (AvgIpc) is 2.36. The van der Waals surface area contributed by atoms with Gasteiger partial charge in [-0.2, -0.15) is 11.8 Å². The van der Waals surface area contributed by atoms with E-state index in [1.807, 2.05) is 0 Å². The largest absolute Gasteiger partial charge is 0.313 e. The van der Waals surface area contributed by atoms with Crippen molar-refractivity contribution in [1.82, 2.24) is 5.32 Å². The Kier molecular flexibility index (Phi) is 2.75. The van der Waals surface area contributed by atoms with Crippen LogP contribution in [0.3, 0.4) is 0 Å². The van der Waals surface area contributed by atoms with Crippen molar-refractivity contribution in [2.24, 2.45) is 0 Å². The van der Waals surface area contributed by atoms with Crippen LogP contribution in [0.2, 0.25) is 0 Å². The molecule has 1 N–H and O–H groups in total. The quantitative estimate of drug-likeness (QED) is 0.697. The molecule has 1 nitrogen and oxygen atoms in total. The van der Waals surface area contributed by atoms with Gasteiger partial charge in [0.05, 0.1) is 0 Å². The van der Waals surface area contributed by atoms with Crippen LogP contribution in [0, 0.1) is 0 Å². The zero-order chi connectivity index (χ0) is 7.52. The molecule has 1 saturated carbocycles. The summed E-state index contributed by atoms with van der Waals surface area (Å²) in [6.45, 7) is 1.27. The molecular formula is C9H17NS. The monoisotopic (exact) mass is 171 g/mol. The van der Waals surface area contributed by atoms with E-state index in [2.05, 4.69) is 17.1 Å². The maximum absolute atomic E-state index is 3.64. The molecule has 64 valence electrons. The minimum absolute atomic E-state index is 0.885. The van der Waals surface area contributed by atoms with Crippen LogP contribution in [-0.4, -0.2) is 23.6 Å². The normalized spacial score (nSPS) is 32.2. The van der Waals surface area contributed by atoms with Crippen molar-refractivity contribution in [2.75, 3.05) is 12.3 Å². The Morgan fingerprint density at radius 2 is 2.09 bits per heavy atom. The molecule has 2 aliphatic rings. The zero-order valence-corrected chi connectivity index (χ0v) is 7.83. The molecule has 0 amide bonds. The third kappa shape index (κ3) is 2.12. The molecule has 0 spiro atoms. The summed E-state index contributed by atoms with van der Waals surface area (Å²) >= 11 is 2.16. The fourth-order valence-electron chi connectivity index (χ4n) is 1.72. The van der Waals surface area contributed by atoms with Crippen LogP contribution in [0.5, 0.6) is 0 Å². The van der Waals surface area contributed by atoms with Crippen LogP contribution in [-0.2, 0) is 0 Å². The molecule has 1 heterocycles. The molecule has 2 heteroatoms. The predicted molar refractivity (Wildman–Crippen MR) is 51.1 cm³/mol. The first-order chi connectivity index (χ1) is 5.45. The molecule has 2 rings (SSSR count). The lowest BCUT2D eigenvalue weighted by molar-refractivity contribution is 0.340. The van der Waals surface area contributed by atoms with Gasteiger partial charge in [-0.05, 0) is 31.4 Å². The van der Waals surface area contributed by atoms with Crippen molar-refractivity contribution in [3.05, 3.63) is 0 Å². The van der Waals surface area contributed by atoms with E-state index in [9.17, 15) is 0 Å². The van der Waals surface area contributed by atoms with Gasteiger partial charge in [0.25, 0.3) is 0 Å². The lowest BCUT2D eigenvalue weighted by Crippen LogP contribution is -2.38. The molecule has 1 unspecified atom stereocenters. The molecule has 0 aromatic rings. The van der Waals surface area contributed by atoms with Gasteiger partial charge < -0.3 is 5.32 Å². The summed E-state index contributed by atoms with van der Waals surface area (Å²) in [7, 11) is 0. The van der Waals surface area contributed by atoms with E-state index in [-0.39, 0.29) is 0 Å². The van der Waals surface area contributed by atoms with Gasteiger partial charge in [0.15, 0.2) is 0 Å². The number of nitrogens with one attached hydrogen (secondary N) is 1. The summed E-state index contributed by atoms with van der Waals surface area (Å²) in [5.41, 5.74) is 0. The van der Waals surface area contributed by atoms with E-state index in [1.165, 1.54) is 44.4 Å². The first kappa shape index (κ1) is 7.93. The first-order valence-corrected chi connectivity index (χ1v) is 5.85. The van der Waals surface area contributed by atoms with Gasteiger partial charge in [-0.15, -0.1) is 0 Å². The smallest absolute Gasteiger partial charge is 0.0172 e. The van der Waals surface area contributed by atoms with Gasteiger partial charge in [0.2, 0.25) is 0 Å². The van der Waals surface area contributed by atoms with Gasteiger partial charge in [-0.1, -0.05) is 6.42 Å². The Hall–Kier alpha value is 0.310. The molecule has 11 heavy (non-hydrogen) atoms. The second kappa shape index (κ2) is 3.81. The third-order valence-electron chi connectivity index (χ3n) is 2.76. The van der Waals surface area contributed by atoms with Crippen molar-refractivity contribution >= 4 is 11.8 Å². The molecule has 1 saturated heterocycles. The summed E-state index contributed by atoms with van der Waals surface area (Å²) in [6.07, 6.45) is 7.20. The number of thioether (sulfide) groups is 1. The Labute approximate surface area is 73.3 Å². The molecule has 0 aromatic carbocycles. The van der Waals surface area contributed by atoms with Gasteiger partial charge in [-0.25, -0.2) is 0 Å². The summed E-state index contributed by atoms with van der Waals surface area (Å²) in [5.74, 6) is 1.40. The third-order valence-corrected chi connectivity index (χ3v) is 4.16. The van der Waals surface area contributed by atoms with Gasteiger partial charge in [0, 0.05) is 17.8 Å². The molecule has 0 aromatic heterocycles. The highest BCUT2D eigenvalue weighted by Gasteiger charge is 2.20. The highest BCUT2D eigenvalue weighted by atomic mass is 32.2. The van der Waals surface area contributed by atoms with E-state index < -0.39 is 0 Å². The number of rotatable bonds is 3. The van der Waals surface area contributed by atoms with Crippen molar-refractivity contribution < 1.29 is 0 Å². The maximum Gasteiger partial charge on any atom is 0.0172 e. The van der Waals surface area contributed by atoms with E-state index >= 15 is 0 Å². The Bertz CT molecular complexity index is 117. The first-order valence-electron chi connectivity index (χ1n) is 4.80. The highest BCUT2D eigenvalue weighted by Crippen LogP contribution is 2.26. The summed E-state index contributed by atoms with van der Waals surface area (Å²) in [6, 6.07) is 0.885. The Morgan fingerprint density at radius 3 is 2.64 bits per heavy atom. The average molecular weight is 171 g/mol. The lowest BCUT2D eigenvalue weighted by atomic mass is 9.93. The highest BCUT2D eigenvalue weighted by molar-refractivity contribution is 8.00. The van der Waals surface area contributed by atoms with E-state index in [1.54, 1.807) is 0 Å². The summed E-state index contributed by atoms with van der Waals surface area (Å²) in [4.78, 5) is 0. The molecule has 2 fully saturated rings. The Morgan fingerprint density at radius 1 is 1.18 bits per heavy atom. The minimum Gasteiger partial charge on any atom is -0.313 e. The van der Waals surface area contributed by atoms with Crippen molar-refractivity contribution in [3.8, 4) is 0 Å². The van der Waals surface area contributed by atoms with Crippen LogP contribution in [0.25, 0.3) is 0 Å². The van der Waals surface area contributed by atoms with Gasteiger partial charge in [0.1, 0.15) is 0 Å². The molecule has 1 aliphatic carbocycles. The summed E-state index contributed by atoms with van der Waals surface area (Å²) in [5, 5.41) is 4.58. The van der Waals surface area contributed by atoms with Crippen molar-refractivity contribution in [2.45, 2.75) is 43.4 Å².